The van der Waals surface area contributed by atoms with E-state index >= 15 is 0 Å². The minimum atomic E-state index is -0.0369. The number of nitrogens with zero attached hydrogens (tertiary/aromatic N) is 1. The Morgan fingerprint density at radius 1 is 1.09 bits per heavy atom. The first-order chi connectivity index (χ1) is 10.8. The Morgan fingerprint density at radius 3 is 2.41 bits per heavy atom. The van der Waals surface area contributed by atoms with Crippen LogP contribution >= 0.6 is 0 Å². The summed E-state index contributed by atoms with van der Waals surface area (Å²) in [5.41, 5.74) is 2.71. The summed E-state index contributed by atoms with van der Waals surface area (Å²) in [6, 6.07) is 19.6. The number of nitrogens with one attached hydrogen (secondary N) is 1. The lowest BCUT2D eigenvalue weighted by molar-refractivity contribution is -0.121. The maximum absolute atomic E-state index is 12.2. The van der Waals surface area contributed by atoms with Crippen molar-refractivity contribution in [3.8, 4) is 6.07 Å². The summed E-state index contributed by atoms with van der Waals surface area (Å²) in [5, 5.41) is 12.4. The highest BCUT2D eigenvalue weighted by molar-refractivity contribution is 5.84. The molecular weight excluding hydrogens is 272 g/mol. The number of Topliss-reactive ketones (excluding diaryl/α,β-unsaturated/α-hetero) is 1. The lowest BCUT2D eigenvalue weighted by atomic mass is 9.90. The van der Waals surface area contributed by atoms with Gasteiger partial charge in [-0.05, 0) is 42.7 Å². The quantitative estimate of drug-likeness (QED) is 0.923. The van der Waals surface area contributed by atoms with E-state index in [-0.39, 0.29) is 12.0 Å². The molecule has 0 unspecified atom stereocenters. The van der Waals surface area contributed by atoms with Gasteiger partial charge in [0.15, 0.2) is 0 Å². The molecule has 1 aliphatic carbocycles. The number of benzene rings is 2. The molecule has 1 fully saturated rings. The van der Waals surface area contributed by atoms with Crippen LogP contribution in [0.15, 0.2) is 54.6 Å². The molecule has 3 nitrogen and oxygen atoms in total. The van der Waals surface area contributed by atoms with Gasteiger partial charge in [0.05, 0.1) is 17.7 Å². The van der Waals surface area contributed by atoms with Gasteiger partial charge in [0.1, 0.15) is 5.78 Å². The highest BCUT2D eigenvalue weighted by Gasteiger charge is 2.33. The van der Waals surface area contributed by atoms with Crippen LogP contribution in [0, 0.1) is 17.2 Å². The normalized spacial score (nSPS) is 18.7. The molecule has 1 aliphatic rings. The maximum atomic E-state index is 12.2. The number of rotatable bonds is 4. The molecule has 0 radical (unpaired) electrons. The van der Waals surface area contributed by atoms with Crippen molar-refractivity contribution in [2.24, 2.45) is 5.92 Å². The van der Waals surface area contributed by atoms with Gasteiger partial charge in [0.25, 0.3) is 0 Å². The third-order valence-corrected chi connectivity index (χ3v) is 4.25. The lowest BCUT2D eigenvalue weighted by Crippen LogP contribution is -2.24. The van der Waals surface area contributed by atoms with Gasteiger partial charge in [0, 0.05) is 18.0 Å². The second-order valence-corrected chi connectivity index (χ2v) is 5.69. The SMILES string of the molecule is N#Cc1ccc([C@@H](Nc2ccccc2)[C@H]2CCCC2=O)cc1. The first-order valence-electron chi connectivity index (χ1n) is 7.62. The second-order valence-electron chi connectivity index (χ2n) is 5.69. The molecule has 110 valence electrons. The van der Waals surface area contributed by atoms with Crippen molar-refractivity contribution >= 4 is 11.5 Å². The van der Waals surface area contributed by atoms with Crippen molar-refractivity contribution in [3.05, 3.63) is 65.7 Å². The van der Waals surface area contributed by atoms with Crippen LogP contribution in [0.1, 0.15) is 36.4 Å². The van der Waals surface area contributed by atoms with Gasteiger partial charge in [0.2, 0.25) is 0 Å². The zero-order chi connectivity index (χ0) is 15.4. The van der Waals surface area contributed by atoms with E-state index in [4.69, 9.17) is 5.26 Å². The highest BCUT2D eigenvalue weighted by Crippen LogP contribution is 2.35. The van der Waals surface area contributed by atoms with Gasteiger partial charge in [-0.15, -0.1) is 0 Å². The fraction of sp³-hybridized carbons (Fsp3) is 0.263. The molecule has 0 heterocycles. The number of carbonyl (C=O) groups excluding carboxylic acids is 1. The number of anilines is 1. The van der Waals surface area contributed by atoms with Crippen LogP contribution in [0.2, 0.25) is 0 Å². The van der Waals surface area contributed by atoms with E-state index < -0.39 is 0 Å². The Labute approximate surface area is 130 Å². The van der Waals surface area contributed by atoms with E-state index in [0.717, 1.165) is 24.1 Å². The minimum absolute atomic E-state index is 0.00754. The van der Waals surface area contributed by atoms with Gasteiger partial charge in [-0.1, -0.05) is 30.3 Å². The first kappa shape index (κ1) is 14.3. The third-order valence-electron chi connectivity index (χ3n) is 4.25. The van der Waals surface area contributed by atoms with Crippen LogP contribution in [0.5, 0.6) is 0 Å². The van der Waals surface area contributed by atoms with Crippen molar-refractivity contribution in [2.45, 2.75) is 25.3 Å². The molecule has 0 bridgehead atoms. The van der Waals surface area contributed by atoms with E-state index in [1.54, 1.807) is 0 Å². The minimum Gasteiger partial charge on any atom is -0.378 e. The standard InChI is InChI=1S/C19H18N2O/c20-13-14-9-11-15(12-10-14)19(17-7-4-8-18(17)22)21-16-5-2-1-3-6-16/h1-3,5-6,9-12,17,19,21H,4,7-8H2/t17-,19+/m0/s1. The van der Waals surface area contributed by atoms with Crippen molar-refractivity contribution in [3.63, 3.8) is 0 Å². The Hall–Kier alpha value is -2.60. The monoisotopic (exact) mass is 290 g/mol. The van der Waals surface area contributed by atoms with E-state index in [1.165, 1.54) is 0 Å². The molecule has 0 saturated heterocycles. The summed E-state index contributed by atoms with van der Waals surface area (Å²) in [4.78, 5) is 12.2. The van der Waals surface area contributed by atoms with Crippen LogP contribution in [0.25, 0.3) is 0 Å². The van der Waals surface area contributed by atoms with E-state index in [9.17, 15) is 4.79 Å². The Balaban J connectivity index is 1.91. The van der Waals surface area contributed by atoms with Gasteiger partial charge in [-0.25, -0.2) is 0 Å². The molecule has 1 N–H and O–H groups in total. The molecule has 1 saturated carbocycles. The summed E-state index contributed by atoms with van der Waals surface area (Å²) < 4.78 is 0. The molecule has 2 aromatic carbocycles. The fourth-order valence-corrected chi connectivity index (χ4v) is 3.09. The largest absolute Gasteiger partial charge is 0.378 e. The Bertz CT molecular complexity index is 686. The average molecular weight is 290 g/mol. The summed E-state index contributed by atoms with van der Waals surface area (Å²) in [6.45, 7) is 0. The van der Waals surface area contributed by atoms with Crippen LogP contribution in [-0.4, -0.2) is 5.78 Å². The van der Waals surface area contributed by atoms with Gasteiger partial charge in [-0.3, -0.25) is 4.79 Å². The number of nitriles is 1. The number of ketones is 1. The summed E-state index contributed by atoms with van der Waals surface area (Å²) in [6.07, 6.45) is 2.56. The first-order valence-corrected chi connectivity index (χ1v) is 7.62. The van der Waals surface area contributed by atoms with Gasteiger partial charge >= 0.3 is 0 Å². The molecule has 22 heavy (non-hydrogen) atoms. The smallest absolute Gasteiger partial charge is 0.138 e. The van der Waals surface area contributed by atoms with Crippen molar-refractivity contribution in [1.29, 1.82) is 5.26 Å². The molecule has 2 atom stereocenters. The van der Waals surface area contributed by atoms with Gasteiger partial charge < -0.3 is 5.32 Å². The summed E-state index contributed by atoms with van der Waals surface area (Å²) in [7, 11) is 0. The second kappa shape index (κ2) is 6.44. The predicted molar refractivity (Wildman–Crippen MR) is 86.3 cm³/mol. The number of carbonyl (C=O) groups is 1. The third kappa shape index (κ3) is 3.01. The van der Waals surface area contributed by atoms with E-state index in [2.05, 4.69) is 11.4 Å². The summed E-state index contributed by atoms with van der Waals surface area (Å²) >= 11 is 0. The fourth-order valence-electron chi connectivity index (χ4n) is 3.09. The Morgan fingerprint density at radius 2 is 1.82 bits per heavy atom. The van der Waals surface area contributed by atoms with Crippen LogP contribution in [-0.2, 0) is 4.79 Å². The van der Waals surface area contributed by atoms with E-state index in [1.807, 2.05) is 54.6 Å². The number of para-hydroxylation sites is 1. The number of hydrogen-bond donors (Lipinski definition) is 1. The van der Waals surface area contributed by atoms with Crippen LogP contribution in [0.4, 0.5) is 5.69 Å². The zero-order valence-electron chi connectivity index (χ0n) is 12.3. The molecule has 0 aromatic heterocycles. The molecule has 0 spiro atoms. The van der Waals surface area contributed by atoms with Crippen molar-refractivity contribution in [2.75, 3.05) is 5.32 Å². The molecule has 0 amide bonds. The lowest BCUT2D eigenvalue weighted by Gasteiger charge is -2.25. The van der Waals surface area contributed by atoms with Crippen molar-refractivity contribution < 1.29 is 4.79 Å². The molecular formula is C19H18N2O. The molecule has 3 heteroatoms. The van der Waals surface area contributed by atoms with E-state index in [0.29, 0.717) is 17.8 Å². The molecule has 0 aliphatic heterocycles. The molecule has 2 aromatic rings. The summed E-state index contributed by atoms with van der Waals surface area (Å²) in [5.74, 6) is 0.339. The van der Waals surface area contributed by atoms with Crippen molar-refractivity contribution in [1.82, 2.24) is 0 Å². The predicted octanol–water partition coefficient (Wildman–Crippen LogP) is 4.08. The number of hydrogen-bond acceptors (Lipinski definition) is 3. The highest BCUT2D eigenvalue weighted by atomic mass is 16.1. The Kier molecular flexibility index (Phi) is 4.20. The van der Waals surface area contributed by atoms with Crippen LogP contribution in [0.3, 0.4) is 0 Å². The van der Waals surface area contributed by atoms with Crippen LogP contribution < -0.4 is 5.32 Å². The maximum Gasteiger partial charge on any atom is 0.138 e. The zero-order valence-corrected chi connectivity index (χ0v) is 12.3. The molecule has 3 rings (SSSR count). The topological polar surface area (TPSA) is 52.9 Å². The van der Waals surface area contributed by atoms with Gasteiger partial charge in [-0.2, -0.15) is 5.26 Å². The average Bonchev–Trinajstić information content (AvgIpc) is 3.00.